The van der Waals surface area contributed by atoms with Crippen LogP contribution in [0.2, 0.25) is 0 Å². The first kappa shape index (κ1) is 16.5. The molecule has 5 nitrogen and oxygen atoms in total. The molecule has 0 bridgehead atoms. The minimum absolute atomic E-state index is 0.0276. The van der Waals surface area contributed by atoms with Gasteiger partial charge in [0.25, 0.3) is 0 Å². The van der Waals surface area contributed by atoms with Crippen molar-refractivity contribution in [1.29, 1.82) is 0 Å². The number of benzene rings is 1. The van der Waals surface area contributed by atoms with E-state index in [1.165, 1.54) is 18.4 Å². The van der Waals surface area contributed by atoms with Crippen LogP contribution < -0.4 is 5.32 Å². The number of pyridine rings is 1. The van der Waals surface area contributed by atoms with E-state index in [9.17, 15) is 8.42 Å². The Kier molecular flexibility index (Phi) is 4.83. The minimum Gasteiger partial charge on any atom is -0.377 e. The van der Waals surface area contributed by atoms with Crippen molar-refractivity contribution in [2.45, 2.75) is 24.8 Å². The predicted octanol–water partition coefficient (Wildman–Crippen LogP) is 2.81. The lowest BCUT2D eigenvalue weighted by atomic mass is 10.1. The molecule has 22 heavy (non-hydrogen) atoms. The van der Waals surface area contributed by atoms with E-state index in [1.54, 1.807) is 24.4 Å². The highest BCUT2D eigenvalue weighted by Crippen LogP contribution is 2.23. The largest absolute Gasteiger partial charge is 0.377 e. The molecule has 0 fully saturated rings. The van der Waals surface area contributed by atoms with E-state index < -0.39 is 10.0 Å². The maximum atomic E-state index is 12.2. The molecule has 6 heteroatoms. The third-order valence-electron chi connectivity index (χ3n) is 3.52. The van der Waals surface area contributed by atoms with Gasteiger partial charge in [-0.15, -0.1) is 0 Å². The summed E-state index contributed by atoms with van der Waals surface area (Å²) in [6, 6.07) is 10.8. The number of nitrogens with zero attached hydrogens (tertiary/aromatic N) is 2. The van der Waals surface area contributed by atoms with Gasteiger partial charge in [-0.05, 0) is 43.7 Å². The van der Waals surface area contributed by atoms with Crippen molar-refractivity contribution in [2.24, 2.45) is 0 Å². The number of sulfonamides is 1. The van der Waals surface area contributed by atoms with Gasteiger partial charge in [0.2, 0.25) is 10.0 Å². The summed E-state index contributed by atoms with van der Waals surface area (Å²) in [5, 5.41) is 3.36. The summed E-state index contributed by atoms with van der Waals surface area (Å²) < 4.78 is 25.6. The van der Waals surface area contributed by atoms with Gasteiger partial charge in [0.05, 0.1) is 16.3 Å². The smallest absolute Gasteiger partial charge is 0.242 e. The molecule has 118 valence electrons. The second-order valence-corrected chi connectivity index (χ2v) is 7.51. The summed E-state index contributed by atoms with van der Waals surface area (Å²) in [4.78, 5) is 4.54. The van der Waals surface area contributed by atoms with E-state index in [2.05, 4.69) is 10.3 Å². The van der Waals surface area contributed by atoms with E-state index in [4.69, 9.17) is 0 Å². The molecule has 1 N–H and O–H groups in total. The molecule has 0 aliphatic carbocycles. The summed E-state index contributed by atoms with van der Waals surface area (Å²) >= 11 is 0. The van der Waals surface area contributed by atoms with Crippen LogP contribution >= 0.6 is 0 Å². The van der Waals surface area contributed by atoms with Crippen molar-refractivity contribution in [1.82, 2.24) is 9.29 Å². The second kappa shape index (κ2) is 6.46. The number of rotatable bonds is 5. The summed E-state index contributed by atoms with van der Waals surface area (Å²) in [6.07, 6.45) is 1.75. The van der Waals surface area contributed by atoms with Gasteiger partial charge in [-0.25, -0.2) is 12.7 Å². The topological polar surface area (TPSA) is 62.3 Å². The van der Waals surface area contributed by atoms with Crippen LogP contribution in [-0.2, 0) is 10.0 Å². The van der Waals surface area contributed by atoms with Gasteiger partial charge >= 0.3 is 0 Å². The van der Waals surface area contributed by atoms with Crippen LogP contribution in [0.25, 0.3) is 0 Å². The third-order valence-corrected chi connectivity index (χ3v) is 5.33. The van der Waals surface area contributed by atoms with Crippen molar-refractivity contribution in [2.75, 3.05) is 19.4 Å². The lowest BCUT2D eigenvalue weighted by molar-refractivity contribution is 0.520. The molecule has 2 rings (SSSR count). The first-order valence-electron chi connectivity index (χ1n) is 7.03. The fourth-order valence-corrected chi connectivity index (χ4v) is 3.07. The average molecular weight is 319 g/mol. The van der Waals surface area contributed by atoms with Crippen molar-refractivity contribution in [3.05, 3.63) is 53.9 Å². The van der Waals surface area contributed by atoms with Crippen molar-refractivity contribution in [3.63, 3.8) is 0 Å². The zero-order valence-corrected chi connectivity index (χ0v) is 14.1. The fourth-order valence-electron chi connectivity index (χ4n) is 2.11. The molecule has 0 aliphatic heterocycles. The van der Waals surface area contributed by atoms with Crippen LogP contribution in [0.15, 0.2) is 47.5 Å². The van der Waals surface area contributed by atoms with Gasteiger partial charge in [-0.2, -0.15) is 0 Å². The molecular formula is C16H21N3O2S. The Balaban J connectivity index is 2.28. The van der Waals surface area contributed by atoms with E-state index in [0.717, 1.165) is 16.9 Å². The Morgan fingerprint density at radius 3 is 2.55 bits per heavy atom. The van der Waals surface area contributed by atoms with Crippen molar-refractivity contribution < 1.29 is 8.42 Å². The molecule has 0 amide bonds. The molecule has 0 spiro atoms. The summed E-state index contributed by atoms with van der Waals surface area (Å²) in [5.41, 5.74) is 2.76. The number of hydrogen-bond acceptors (Lipinski definition) is 4. The van der Waals surface area contributed by atoms with Crippen LogP contribution in [0.5, 0.6) is 0 Å². The quantitative estimate of drug-likeness (QED) is 0.920. The van der Waals surface area contributed by atoms with Gasteiger partial charge in [0.1, 0.15) is 0 Å². The normalized spacial score (nSPS) is 13.1. The van der Waals surface area contributed by atoms with Crippen LogP contribution in [-0.4, -0.2) is 31.8 Å². The Hall–Kier alpha value is -1.92. The molecule has 0 radical (unpaired) electrons. The molecule has 1 heterocycles. The summed E-state index contributed by atoms with van der Waals surface area (Å²) in [6.45, 7) is 3.93. The number of anilines is 1. The lowest BCUT2D eigenvalue weighted by Gasteiger charge is -2.18. The summed E-state index contributed by atoms with van der Waals surface area (Å²) in [5.74, 6) is 0. The standard InChI is InChI=1S/C16H21N3O2S/c1-12(18-16-9-6-10-17-13(16)2)14-7-5-8-15(11-14)22(20,21)19(3)4/h5-12,18H,1-4H3/t12-/m1/s1. The number of aryl methyl sites for hydroxylation is 1. The highest BCUT2D eigenvalue weighted by Gasteiger charge is 2.18. The first-order valence-corrected chi connectivity index (χ1v) is 8.47. The molecule has 0 aliphatic rings. The molecule has 2 aromatic rings. The Morgan fingerprint density at radius 2 is 1.91 bits per heavy atom. The Bertz CT molecular complexity index is 757. The molecule has 1 aromatic carbocycles. The first-order chi connectivity index (χ1) is 10.3. The second-order valence-electron chi connectivity index (χ2n) is 5.36. The zero-order chi connectivity index (χ0) is 16.3. The summed E-state index contributed by atoms with van der Waals surface area (Å²) in [7, 11) is -0.360. The highest BCUT2D eigenvalue weighted by molar-refractivity contribution is 7.89. The van der Waals surface area contributed by atoms with Gasteiger partial charge in [0.15, 0.2) is 0 Å². The monoisotopic (exact) mass is 319 g/mol. The van der Waals surface area contributed by atoms with Crippen LogP contribution in [0.1, 0.15) is 24.2 Å². The molecule has 0 saturated heterocycles. The number of hydrogen-bond donors (Lipinski definition) is 1. The Morgan fingerprint density at radius 1 is 1.18 bits per heavy atom. The predicted molar refractivity (Wildman–Crippen MR) is 88.3 cm³/mol. The maximum Gasteiger partial charge on any atom is 0.242 e. The molecule has 1 aromatic heterocycles. The average Bonchev–Trinajstić information content (AvgIpc) is 2.49. The number of aromatic nitrogens is 1. The molecule has 0 unspecified atom stereocenters. The SMILES string of the molecule is Cc1ncccc1N[C@H](C)c1cccc(S(=O)(=O)N(C)C)c1. The highest BCUT2D eigenvalue weighted by atomic mass is 32.2. The van der Waals surface area contributed by atoms with Crippen molar-refractivity contribution >= 4 is 15.7 Å². The van der Waals surface area contributed by atoms with E-state index in [0.29, 0.717) is 4.90 Å². The number of nitrogens with one attached hydrogen (secondary N) is 1. The van der Waals surface area contributed by atoms with E-state index in [1.807, 2.05) is 32.0 Å². The van der Waals surface area contributed by atoms with E-state index in [-0.39, 0.29) is 6.04 Å². The van der Waals surface area contributed by atoms with Crippen LogP contribution in [0, 0.1) is 6.92 Å². The molecular weight excluding hydrogens is 298 g/mol. The third kappa shape index (κ3) is 3.45. The molecule has 0 saturated carbocycles. The Labute approximate surface area is 132 Å². The van der Waals surface area contributed by atoms with E-state index >= 15 is 0 Å². The lowest BCUT2D eigenvalue weighted by Crippen LogP contribution is -2.22. The van der Waals surface area contributed by atoms with Crippen LogP contribution in [0.3, 0.4) is 0 Å². The van der Waals surface area contributed by atoms with Gasteiger partial charge in [-0.3, -0.25) is 4.98 Å². The van der Waals surface area contributed by atoms with Crippen molar-refractivity contribution in [3.8, 4) is 0 Å². The van der Waals surface area contributed by atoms with Gasteiger partial charge in [-0.1, -0.05) is 12.1 Å². The van der Waals surface area contributed by atoms with Crippen LogP contribution in [0.4, 0.5) is 5.69 Å². The molecule has 1 atom stereocenters. The zero-order valence-electron chi connectivity index (χ0n) is 13.2. The van der Waals surface area contributed by atoms with Gasteiger partial charge in [0, 0.05) is 26.3 Å². The minimum atomic E-state index is -3.42. The maximum absolute atomic E-state index is 12.2. The fraction of sp³-hybridized carbons (Fsp3) is 0.312. The van der Waals surface area contributed by atoms with Gasteiger partial charge < -0.3 is 5.32 Å².